The Morgan fingerprint density at radius 2 is 0.892 bits per heavy atom. The van der Waals surface area contributed by atoms with Gasteiger partial charge < -0.3 is 23.0 Å². The number of furan rings is 2. The lowest BCUT2D eigenvalue weighted by Gasteiger charge is -2.26. The summed E-state index contributed by atoms with van der Waals surface area (Å²) in [5.41, 5.74) is 11.4. The summed E-state index contributed by atoms with van der Waals surface area (Å²) in [7, 11) is 0. The molecule has 14 aromatic rings. The second kappa shape index (κ2) is 13.5. The highest BCUT2D eigenvalue weighted by molar-refractivity contribution is 6.32. The molecule has 0 aliphatic heterocycles. The molecule has 306 valence electrons. The van der Waals surface area contributed by atoms with E-state index in [-0.39, 0.29) is 11.1 Å². The van der Waals surface area contributed by atoms with Crippen molar-refractivity contribution in [1.82, 2.24) is 4.40 Å². The standard InChI is InChI=1S/C60H39N3O2/c1-36-13-11-20-46-50-33-42(26-29-55(50)64-59(36)46)61(39-15-5-3-6-16-39)41-24-23-38-31-52-45-28-25-44(35-54(45)63-53-22-10-9-19-48(53)57(58(52)63)49(38)32-41)62(40-17-7-4-8-18-40)43-27-30-56-51(34-43)47-21-12-14-37(2)60(47)65-56/h3-35H,1-2H3/i1D3,2D3. The Kier molecular flexibility index (Phi) is 6.33. The predicted molar refractivity (Wildman–Crippen MR) is 272 cm³/mol. The van der Waals surface area contributed by atoms with Crippen LogP contribution in [0, 0.1) is 13.7 Å². The van der Waals surface area contributed by atoms with Crippen LogP contribution in [0.2, 0.25) is 0 Å². The van der Waals surface area contributed by atoms with Crippen LogP contribution < -0.4 is 9.80 Å². The van der Waals surface area contributed by atoms with E-state index in [4.69, 9.17) is 17.1 Å². The zero-order valence-corrected chi connectivity index (χ0v) is 34.7. The number of nitrogens with zero attached hydrogens (tertiary/aromatic N) is 3. The van der Waals surface area contributed by atoms with Crippen LogP contribution >= 0.6 is 0 Å². The monoisotopic (exact) mass is 839 g/mol. The third-order valence-corrected chi connectivity index (χ3v) is 13.3. The minimum Gasteiger partial charge on any atom is -0.456 e. The summed E-state index contributed by atoms with van der Waals surface area (Å²) in [6.07, 6.45) is 0. The van der Waals surface area contributed by atoms with Crippen LogP contribution in [0.15, 0.2) is 209 Å². The van der Waals surface area contributed by atoms with Crippen molar-refractivity contribution in [3.8, 4) is 0 Å². The number of para-hydroxylation sites is 5. The molecule has 0 N–H and O–H groups in total. The molecular weight excluding hydrogens is 795 g/mol. The summed E-state index contributed by atoms with van der Waals surface area (Å²) >= 11 is 0. The Hall–Kier alpha value is -8.54. The van der Waals surface area contributed by atoms with Crippen molar-refractivity contribution in [3.63, 3.8) is 0 Å². The molecule has 65 heavy (non-hydrogen) atoms. The van der Waals surface area contributed by atoms with Gasteiger partial charge in [0.15, 0.2) is 0 Å². The van der Waals surface area contributed by atoms with Crippen molar-refractivity contribution in [2.75, 3.05) is 9.80 Å². The molecule has 0 aliphatic carbocycles. The molecule has 0 aliphatic rings. The summed E-state index contributed by atoms with van der Waals surface area (Å²) < 4.78 is 64.0. The van der Waals surface area contributed by atoms with Crippen molar-refractivity contribution in [3.05, 3.63) is 211 Å². The third-order valence-electron chi connectivity index (χ3n) is 13.3. The number of hydrogen-bond donors (Lipinski definition) is 0. The zero-order valence-electron chi connectivity index (χ0n) is 40.7. The molecular formula is C60H39N3O2. The molecule has 0 unspecified atom stereocenters. The van der Waals surface area contributed by atoms with Gasteiger partial charge >= 0.3 is 0 Å². The maximum atomic E-state index is 8.19. The van der Waals surface area contributed by atoms with Gasteiger partial charge in [-0.3, -0.25) is 0 Å². The fourth-order valence-electron chi connectivity index (χ4n) is 10.4. The predicted octanol–water partition coefficient (Wildman–Crippen LogP) is 17.3. The average Bonchev–Trinajstić information content (AvgIpc) is 4.13. The summed E-state index contributed by atoms with van der Waals surface area (Å²) in [5, 5.41) is 10.1. The van der Waals surface area contributed by atoms with Gasteiger partial charge in [-0.2, -0.15) is 0 Å². The van der Waals surface area contributed by atoms with E-state index in [0.29, 0.717) is 22.3 Å². The van der Waals surface area contributed by atoms with Gasteiger partial charge in [0.25, 0.3) is 0 Å². The highest BCUT2D eigenvalue weighted by Crippen LogP contribution is 2.48. The van der Waals surface area contributed by atoms with Gasteiger partial charge in [-0.05, 0) is 133 Å². The molecule has 5 nitrogen and oxygen atoms in total. The molecule has 4 aromatic heterocycles. The van der Waals surface area contributed by atoms with Crippen LogP contribution in [0.5, 0.6) is 0 Å². The molecule has 0 atom stereocenters. The van der Waals surface area contributed by atoms with E-state index < -0.39 is 13.7 Å². The van der Waals surface area contributed by atoms with Crippen LogP contribution in [0.4, 0.5) is 34.1 Å². The van der Waals surface area contributed by atoms with E-state index in [2.05, 4.69) is 117 Å². The second-order valence-electron chi connectivity index (χ2n) is 16.9. The van der Waals surface area contributed by atoms with E-state index in [1.807, 2.05) is 72.8 Å². The van der Waals surface area contributed by atoms with Crippen molar-refractivity contribution >= 4 is 127 Å². The fraction of sp³-hybridized carbons (Fsp3) is 0.0333. The maximum absolute atomic E-state index is 8.19. The van der Waals surface area contributed by atoms with Crippen LogP contribution in [-0.2, 0) is 0 Å². The summed E-state index contributed by atoms with van der Waals surface area (Å²) in [6, 6.07) is 67.8. The first-order valence-corrected chi connectivity index (χ1v) is 21.7. The number of hydrogen-bond acceptors (Lipinski definition) is 4. The zero-order chi connectivity index (χ0) is 47.9. The summed E-state index contributed by atoms with van der Waals surface area (Å²) in [5.74, 6) is 0. The van der Waals surface area contributed by atoms with Crippen molar-refractivity contribution < 1.29 is 17.1 Å². The highest BCUT2D eigenvalue weighted by Gasteiger charge is 2.24. The third kappa shape index (κ3) is 5.21. The molecule has 10 aromatic carbocycles. The lowest BCUT2D eigenvalue weighted by atomic mass is 9.99. The van der Waals surface area contributed by atoms with E-state index in [0.717, 1.165) is 99.2 Å². The maximum Gasteiger partial charge on any atom is 0.138 e. The van der Waals surface area contributed by atoms with Gasteiger partial charge in [-0.1, -0.05) is 103 Å². The molecule has 0 amide bonds. The first-order valence-electron chi connectivity index (χ1n) is 24.7. The number of aryl methyl sites for hydroxylation is 2. The Morgan fingerprint density at radius 3 is 1.51 bits per heavy atom. The van der Waals surface area contributed by atoms with Crippen molar-refractivity contribution in [2.24, 2.45) is 0 Å². The Morgan fingerprint density at radius 1 is 0.369 bits per heavy atom. The summed E-state index contributed by atoms with van der Waals surface area (Å²) in [6.45, 7) is -4.63. The minimum absolute atomic E-state index is 0.198. The first-order chi connectivity index (χ1) is 34.5. The van der Waals surface area contributed by atoms with E-state index in [1.165, 1.54) is 5.39 Å². The topological polar surface area (TPSA) is 37.2 Å². The molecule has 0 saturated carbocycles. The van der Waals surface area contributed by atoms with E-state index >= 15 is 0 Å². The van der Waals surface area contributed by atoms with Gasteiger partial charge in [-0.15, -0.1) is 0 Å². The van der Waals surface area contributed by atoms with Crippen LogP contribution in [-0.4, -0.2) is 4.40 Å². The number of aromatic nitrogens is 1. The minimum atomic E-state index is -2.32. The molecule has 0 fully saturated rings. The van der Waals surface area contributed by atoms with Crippen molar-refractivity contribution in [2.45, 2.75) is 13.7 Å². The molecule has 14 rings (SSSR count). The van der Waals surface area contributed by atoms with E-state index in [9.17, 15) is 0 Å². The number of rotatable bonds is 6. The SMILES string of the molecule is [2H]C([2H])([2H])c1cccc2c1oc1ccc(N(c3ccccc3)c3ccc4cc5c6ccc(N(c7ccccc7)c7ccc8oc9c(C([2H])([2H])[2H])cccc9c8c7)cc6n6c7ccccc7c(c4c3)c56)cc12. The Bertz CT molecular complexity index is 4260. The van der Waals surface area contributed by atoms with Crippen molar-refractivity contribution in [1.29, 1.82) is 0 Å². The lowest BCUT2D eigenvalue weighted by molar-refractivity contribution is 0.665. The molecule has 5 heteroatoms. The number of benzene rings is 10. The Labute approximate surface area is 381 Å². The number of anilines is 6. The molecule has 0 saturated heterocycles. The number of fused-ring (bicyclic) bond motifs is 14. The van der Waals surface area contributed by atoms with Gasteiger partial charge in [0.05, 0.1) is 16.6 Å². The first kappa shape index (κ1) is 30.5. The second-order valence-corrected chi connectivity index (χ2v) is 16.9. The lowest BCUT2D eigenvalue weighted by Crippen LogP contribution is -2.09. The van der Waals surface area contributed by atoms with E-state index in [1.54, 1.807) is 24.3 Å². The largest absolute Gasteiger partial charge is 0.456 e. The van der Waals surface area contributed by atoms with Gasteiger partial charge in [0, 0.05) is 85.4 Å². The summed E-state index contributed by atoms with van der Waals surface area (Å²) in [4.78, 5) is 4.49. The highest BCUT2D eigenvalue weighted by atomic mass is 16.3. The van der Waals surface area contributed by atoms with Gasteiger partial charge in [-0.25, -0.2) is 0 Å². The van der Waals surface area contributed by atoms with Crippen LogP contribution in [0.25, 0.3) is 92.7 Å². The molecule has 0 spiro atoms. The molecule has 0 bridgehead atoms. The van der Waals surface area contributed by atoms with Gasteiger partial charge in [0.1, 0.15) is 22.3 Å². The fourth-order valence-corrected chi connectivity index (χ4v) is 10.4. The smallest absolute Gasteiger partial charge is 0.138 e. The van der Waals surface area contributed by atoms with Crippen LogP contribution in [0.1, 0.15) is 19.4 Å². The molecule has 0 radical (unpaired) electrons. The van der Waals surface area contributed by atoms with Crippen LogP contribution in [0.3, 0.4) is 0 Å². The average molecular weight is 840 g/mol. The normalized spacial score (nSPS) is 13.9. The van der Waals surface area contributed by atoms with Gasteiger partial charge in [0.2, 0.25) is 0 Å². The Balaban J connectivity index is 0.966. The molecule has 4 heterocycles. The quantitative estimate of drug-likeness (QED) is 0.167.